The largest absolute Gasteiger partial charge is 0.309 e. The molecule has 0 unspecified atom stereocenters. The third kappa shape index (κ3) is 3.62. The number of aromatic amines is 1. The SMILES string of the molecule is CCCc1nc(C2CCC(C(C)C)CC2)[nH]c(=O)c1I. The highest BCUT2D eigenvalue weighted by Gasteiger charge is 2.26. The first-order valence-corrected chi connectivity index (χ1v) is 8.89. The summed E-state index contributed by atoms with van der Waals surface area (Å²) in [5, 5.41) is 0. The van der Waals surface area contributed by atoms with Crippen molar-refractivity contribution in [2.75, 3.05) is 0 Å². The van der Waals surface area contributed by atoms with Crippen LogP contribution in [0.2, 0.25) is 0 Å². The van der Waals surface area contributed by atoms with Crippen molar-refractivity contribution < 1.29 is 0 Å². The van der Waals surface area contributed by atoms with Crippen molar-refractivity contribution >= 4 is 22.6 Å². The smallest absolute Gasteiger partial charge is 0.264 e. The van der Waals surface area contributed by atoms with Gasteiger partial charge < -0.3 is 4.98 Å². The molecule has 1 saturated carbocycles. The molecule has 1 aromatic heterocycles. The molecule has 2 rings (SSSR count). The van der Waals surface area contributed by atoms with Crippen LogP contribution in [0.3, 0.4) is 0 Å². The van der Waals surface area contributed by atoms with Crippen LogP contribution in [-0.2, 0) is 6.42 Å². The zero-order valence-corrected chi connectivity index (χ0v) is 14.9. The topological polar surface area (TPSA) is 45.8 Å². The van der Waals surface area contributed by atoms with Gasteiger partial charge in [0.1, 0.15) is 5.82 Å². The Kier molecular flexibility index (Phi) is 5.64. The van der Waals surface area contributed by atoms with Crippen LogP contribution in [0.1, 0.15) is 70.3 Å². The molecule has 4 heteroatoms. The molecule has 0 radical (unpaired) electrons. The van der Waals surface area contributed by atoms with Crippen molar-refractivity contribution in [1.82, 2.24) is 9.97 Å². The van der Waals surface area contributed by atoms with Crippen molar-refractivity contribution in [2.45, 2.75) is 65.2 Å². The van der Waals surface area contributed by atoms with E-state index in [0.717, 1.165) is 52.6 Å². The van der Waals surface area contributed by atoms with Gasteiger partial charge in [-0.05, 0) is 66.5 Å². The van der Waals surface area contributed by atoms with Gasteiger partial charge in [-0.3, -0.25) is 4.79 Å². The predicted octanol–water partition coefficient (Wildman–Crippen LogP) is 4.26. The number of hydrogen-bond acceptors (Lipinski definition) is 2. The molecule has 20 heavy (non-hydrogen) atoms. The van der Waals surface area contributed by atoms with Gasteiger partial charge in [0, 0.05) is 5.92 Å². The summed E-state index contributed by atoms with van der Waals surface area (Å²) in [4.78, 5) is 19.8. The van der Waals surface area contributed by atoms with E-state index in [1.807, 2.05) is 0 Å². The van der Waals surface area contributed by atoms with Crippen molar-refractivity contribution in [3.63, 3.8) is 0 Å². The van der Waals surface area contributed by atoms with E-state index in [1.54, 1.807) is 0 Å². The molecule has 0 atom stereocenters. The summed E-state index contributed by atoms with van der Waals surface area (Å²) < 4.78 is 0.768. The van der Waals surface area contributed by atoms with Crippen LogP contribution in [0.25, 0.3) is 0 Å². The second-order valence-electron chi connectivity index (χ2n) is 6.32. The molecule has 1 aliphatic carbocycles. The zero-order chi connectivity index (χ0) is 14.7. The first-order valence-electron chi connectivity index (χ1n) is 7.81. The number of nitrogens with zero attached hydrogens (tertiary/aromatic N) is 1. The highest BCUT2D eigenvalue weighted by molar-refractivity contribution is 14.1. The van der Waals surface area contributed by atoms with Crippen molar-refractivity contribution in [1.29, 1.82) is 0 Å². The minimum Gasteiger partial charge on any atom is -0.309 e. The maximum absolute atomic E-state index is 12.0. The second kappa shape index (κ2) is 7.05. The Morgan fingerprint density at radius 3 is 2.50 bits per heavy atom. The number of rotatable bonds is 4. The number of nitrogens with one attached hydrogen (secondary N) is 1. The number of aryl methyl sites for hydroxylation is 1. The normalized spacial score (nSPS) is 23.2. The quantitative estimate of drug-likeness (QED) is 0.784. The average molecular weight is 388 g/mol. The molecule has 0 spiro atoms. The van der Waals surface area contributed by atoms with Gasteiger partial charge in [-0.15, -0.1) is 0 Å². The highest BCUT2D eigenvalue weighted by Crippen LogP contribution is 2.37. The molecule has 3 nitrogen and oxygen atoms in total. The van der Waals surface area contributed by atoms with Crippen LogP contribution in [-0.4, -0.2) is 9.97 Å². The minimum atomic E-state index is 0.0463. The lowest BCUT2D eigenvalue weighted by Gasteiger charge is -2.30. The molecule has 0 saturated heterocycles. The number of H-pyrrole nitrogens is 1. The van der Waals surface area contributed by atoms with Gasteiger partial charge in [0.15, 0.2) is 0 Å². The molecule has 0 aromatic carbocycles. The lowest BCUT2D eigenvalue weighted by atomic mass is 9.76. The Bertz CT molecular complexity index is 502. The minimum absolute atomic E-state index is 0.0463. The standard InChI is InChI=1S/C16H25IN2O/c1-4-5-13-14(17)16(20)19-15(18-13)12-8-6-11(7-9-12)10(2)3/h10-12H,4-9H2,1-3H3,(H,18,19,20). The van der Waals surface area contributed by atoms with Gasteiger partial charge in [0.05, 0.1) is 9.26 Å². The van der Waals surface area contributed by atoms with E-state index in [-0.39, 0.29) is 5.56 Å². The lowest BCUT2D eigenvalue weighted by Crippen LogP contribution is -2.23. The molecule has 1 N–H and O–H groups in total. The van der Waals surface area contributed by atoms with Crippen LogP contribution in [0, 0.1) is 15.4 Å². The molecule has 0 amide bonds. The Morgan fingerprint density at radius 2 is 1.95 bits per heavy atom. The summed E-state index contributed by atoms with van der Waals surface area (Å²) in [7, 11) is 0. The number of aromatic nitrogens is 2. The summed E-state index contributed by atoms with van der Waals surface area (Å²) in [6.07, 6.45) is 6.79. The summed E-state index contributed by atoms with van der Waals surface area (Å²) in [6.45, 7) is 6.76. The Labute approximate surface area is 135 Å². The zero-order valence-electron chi connectivity index (χ0n) is 12.7. The Balaban J connectivity index is 2.16. The third-order valence-electron chi connectivity index (χ3n) is 4.54. The fourth-order valence-corrected chi connectivity index (χ4v) is 3.70. The van der Waals surface area contributed by atoms with Gasteiger partial charge in [-0.25, -0.2) is 4.98 Å². The van der Waals surface area contributed by atoms with E-state index >= 15 is 0 Å². The van der Waals surface area contributed by atoms with Crippen LogP contribution in [0.5, 0.6) is 0 Å². The van der Waals surface area contributed by atoms with E-state index in [1.165, 1.54) is 12.8 Å². The van der Waals surface area contributed by atoms with Gasteiger partial charge >= 0.3 is 0 Å². The second-order valence-corrected chi connectivity index (χ2v) is 7.40. The van der Waals surface area contributed by atoms with Crippen molar-refractivity contribution in [3.8, 4) is 0 Å². The van der Waals surface area contributed by atoms with Crippen LogP contribution < -0.4 is 5.56 Å². The van der Waals surface area contributed by atoms with Gasteiger partial charge in [0.25, 0.3) is 5.56 Å². The van der Waals surface area contributed by atoms with E-state index < -0.39 is 0 Å². The van der Waals surface area contributed by atoms with Crippen LogP contribution in [0.15, 0.2) is 4.79 Å². The molecular formula is C16H25IN2O. The van der Waals surface area contributed by atoms with Gasteiger partial charge in [0.2, 0.25) is 0 Å². The molecule has 112 valence electrons. The van der Waals surface area contributed by atoms with Crippen molar-refractivity contribution in [2.24, 2.45) is 11.8 Å². The molecule has 1 fully saturated rings. The molecule has 1 aromatic rings. The maximum atomic E-state index is 12.0. The lowest BCUT2D eigenvalue weighted by molar-refractivity contribution is 0.254. The Hall–Kier alpha value is -0.390. The monoisotopic (exact) mass is 388 g/mol. The molecule has 1 aliphatic rings. The third-order valence-corrected chi connectivity index (χ3v) is 5.65. The highest BCUT2D eigenvalue weighted by atomic mass is 127. The average Bonchev–Trinajstić information content (AvgIpc) is 2.44. The van der Waals surface area contributed by atoms with E-state index in [9.17, 15) is 4.79 Å². The predicted molar refractivity (Wildman–Crippen MR) is 91.1 cm³/mol. The number of halogens is 1. The van der Waals surface area contributed by atoms with Crippen molar-refractivity contribution in [3.05, 3.63) is 25.4 Å². The van der Waals surface area contributed by atoms with E-state index in [0.29, 0.717) is 5.92 Å². The van der Waals surface area contributed by atoms with E-state index in [4.69, 9.17) is 4.98 Å². The Morgan fingerprint density at radius 1 is 1.30 bits per heavy atom. The fraction of sp³-hybridized carbons (Fsp3) is 0.750. The van der Waals surface area contributed by atoms with E-state index in [2.05, 4.69) is 48.3 Å². The summed E-state index contributed by atoms with van der Waals surface area (Å²) >= 11 is 2.12. The van der Waals surface area contributed by atoms with Crippen LogP contribution in [0.4, 0.5) is 0 Å². The van der Waals surface area contributed by atoms with Crippen LogP contribution >= 0.6 is 22.6 Å². The molecule has 1 heterocycles. The van der Waals surface area contributed by atoms with Gasteiger partial charge in [-0.2, -0.15) is 0 Å². The summed E-state index contributed by atoms with van der Waals surface area (Å²) in [5.74, 6) is 3.00. The number of hydrogen-bond donors (Lipinski definition) is 1. The maximum Gasteiger partial charge on any atom is 0.264 e. The van der Waals surface area contributed by atoms with Gasteiger partial charge in [-0.1, -0.05) is 27.2 Å². The molecular weight excluding hydrogens is 363 g/mol. The first kappa shape index (κ1) is 16.0. The first-order chi connectivity index (χ1) is 9.52. The summed E-state index contributed by atoms with van der Waals surface area (Å²) in [6, 6.07) is 0. The molecule has 0 aliphatic heterocycles. The molecule has 0 bridgehead atoms. The summed E-state index contributed by atoms with van der Waals surface area (Å²) in [5.41, 5.74) is 1.03. The fourth-order valence-electron chi connectivity index (χ4n) is 3.18.